The Bertz CT molecular complexity index is 794. The zero-order valence-electron chi connectivity index (χ0n) is 11.1. The third-order valence-corrected chi connectivity index (χ3v) is 3.63. The topological polar surface area (TPSA) is 90.9 Å². The highest BCUT2D eigenvalue weighted by Crippen LogP contribution is 2.23. The molecule has 0 bridgehead atoms. The summed E-state index contributed by atoms with van der Waals surface area (Å²) in [6, 6.07) is 4.76. The molecule has 0 radical (unpaired) electrons. The van der Waals surface area contributed by atoms with Gasteiger partial charge in [-0.1, -0.05) is 0 Å². The van der Waals surface area contributed by atoms with Crippen molar-refractivity contribution in [3.63, 3.8) is 0 Å². The summed E-state index contributed by atoms with van der Waals surface area (Å²) in [5, 5.41) is 15.0. The van der Waals surface area contributed by atoms with Gasteiger partial charge in [-0.3, -0.25) is 4.79 Å². The molecule has 6 nitrogen and oxygen atoms in total. The first-order valence-electron chi connectivity index (χ1n) is 6.20. The molecule has 106 valence electrons. The number of nitrogens with zero attached hydrogens (tertiary/aromatic N) is 2. The molecule has 0 spiro atoms. The summed E-state index contributed by atoms with van der Waals surface area (Å²) in [5.41, 5.74) is 2.05. The summed E-state index contributed by atoms with van der Waals surface area (Å²) < 4.78 is 0. The van der Waals surface area contributed by atoms with E-state index in [-0.39, 0.29) is 17.5 Å². The number of hydrogen-bond donors (Lipinski definition) is 3. The number of rotatable bonds is 3. The van der Waals surface area contributed by atoms with Crippen molar-refractivity contribution in [1.29, 1.82) is 0 Å². The van der Waals surface area contributed by atoms with E-state index < -0.39 is 0 Å². The van der Waals surface area contributed by atoms with Crippen LogP contribution in [0, 0.1) is 6.92 Å². The molecule has 0 saturated heterocycles. The van der Waals surface area contributed by atoms with Crippen molar-refractivity contribution in [1.82, 2.24) is 15.0 Å². The lowest BCUT2D eigenvalue weighted by Crippen LogP contribution is -2.13. The van der Waals surface area contributed by atoms with Gasteiger partial charge in [-0.05, 0) is 25.1 Å². The van der Waals surface area contributed by atoms with Gasteiger partial charge in [0.2, 0.25) is 0 Å². The van der Waals surface area contributed by atoms with Crippen LogP contribution in [-0.4, -0.2) is 26.0 Å². The Kier molecular flexibility index (Phi) is 3.41. The van der Waals surface area contributed by atoms with Gasteiger partial charge in [-0.15, -0.1) is 11.3 Å². The number of aromatic nitrogens is 3. The molecule has 0 atom stereocenters. The van der Waals surface area contributed by atoms with Gasteiger partial charge in [-0.25, -0.2) is 9.97 Å². The predicted molar refractivity (Wildman–Crippen MR) is 80.5 cm³/mol. The maximum absolute atomic E-state index is 12.1. The molecular formula is C14H12N4O2S. The molecule has 0 aliphatic carbocycles. The highest BCUT2D eigenvalue weighted by Gasteiger charge is 2.13. The summed E-state index contributed by atoms with van der Waals surface area (Å²) in [4.78, 5) is 23.3. The Morgan fingerprint density at radius 3 is 3.05 bits per heavy atom. The second kappa shape index (κ2) is 5.37. The van der Waals surface area contributed by atoms with Crippen molar-refractivity contribution in [2.75, 3.05) is 5.32 Å². The minimum absolute atomic E-state index is 0.0762. The molecule has 3 heterocycles. The van der Waals surface area contributed by atoms with E-state index in [9.17, 15) is 9.90 Å². The Morgan fingerprint density at radius 2 is 2.33 bits per heavy atom. The molecule has 3 rings (SSSR count). The fraction of sp³-hybridized carbons (Fsp3) is 0.0714. The predicted octanol–water partition coefficient (Wildman–Crippen LogP) is 2.80. The Morgan fingerprint density at radius 1 is 1.48 bits per heavy atom. The number of aryl methyl sites for hydroxylation is 1. The highest BCUT2D eigenvalue weighted by molar-refractivity contribution is 7.09. The summed E-state index contributed by atoms with van der Waals surface area (Å²) in [7, 11) is 0. The van der Waals surface area contributed by atoms with Crippen LogP contribution in [0.1, 0.15) is 15.5 Å². The molecule has 7 heteroatoms. The number of carbonyl (C=O) groups excluding carboxylic acids is 1. The lowest BCUT2D eigenvalue weighted by molar-refractivity contribution is 0.102. The van der Waals surface area contributed by atoms with Crippen molar-refractivity contribution >= 4 is 23.1 Å². The zero-order valence-corrected chi connectivity index (χ0v) is 11.9. The van der Waals surface area contributed by atoms with Crippen molar-refractivity contribution in [2.24, 2.45) is 0 Å². The lowest BCUT2D eigenvalue weighted by Gasteiger charge is -2.03. The third-order valence-electron chi connectivity index (χ3n) is 2.86. The highest BCUT2D eigenvalue weighted by atomic mass is 32.1. The molecule has 0 unspecified atom stereocenters. The largest absolute Gasteiger partial charge is 0.504 e. The van der Waals surface area contributed by atoms with Crippen LogP contribution in [0.25, 0.3) is 11.3 Å². The fourth-order valence-corrected chi connectivity index (χ4v) is 2.46. The number of nitrogens with one attached hydrogen (secondary N) is 2. The number of amides is 1. The quantitative estimate of drug-likeness (QED) is 0.693. The molecule has 0 aliphatic heterocycles. The second-order valence-corrected chi connectivity index (χ2v) is 5.44. The monoisotopic (exact) mass is 300 g/mol. The van der Waals surface area contributed by atoms with Gasteiger partial charge in [0.05, 0.1) is 10.7 Å². The Labute approximate surface area is 124 Å². The molecule has 0 aromatic carbocycles. The first-order chi connectivity index (χ1) is 10.1. The molecule has 1 amide bonds. The SMILES string of the molecule is Cc1nc(-c2c[nH]c(C(=O)Nc3ncccc3O)c2)cs1. The summed E-state index contributed by atoms with van der Waals surface area (Å²) >= 11 is 1.55. The average molecular weight is 300 g/mol. The molecular weight excluding hydrogens is 288 g/mol. The first kappa shape index (κ1) is 13.3. The van der Waals surface area contributed by atoms with E-state index in [1.165, 1.54) is 12.3 Å². The maximum atomic E-state index is 12.1. The summed E-state index contributed by atoms with van der Waals surface area (Å²) in [6.45, 7) is 1.93. The first-order valence-corrected chi connectivity index (χ1v) is 7.07. The number of aromatic hydroxyl groups is 1. The molecule has 3 N–H and O–H groups in total. The number of aromatic amines is 1. The third kappa shape index (κ3) is 2.77. The van der Waals surface area contributed by atoms with Crippen LogP contribution in [0.2, 0.25) is 0 Å². The van der Waals surface area contributed by atoms with E-state index in [2.05, 4.69) is 20.3 Å². The number of pyridine rings is 1. The number of H-pyrrole nitrogens is 1. The van der Waals surface area contributed by atoms with Crippen molar-refractivity contribution in [3.05, 3.63) is 46.7 Å². The summed E-state index contributed by atoms with van der Waals surface area (Å²) in [5.74, 6) is -0.321. The Hall–Kier alpha value is -2.67. The standard InChI is InChI=1S/C14H12N4O2S/c1-8-17-11(7-21-8)9-5-10(16-6-9)14(20)18-13-12(19)3-2-4-15-13/h2-7,16,19H,1H3,(H,15,18,20). The minimum atomic E-state index is -0.373. The number of thiazole rings is 1. The van der Waals surface area contributed by atoms with Gasteiger partial charge in [0.15, 0.2) is 11.6 Å². The maximum Gasteiger partial charge on any atom is 0.273 e. The molecule has 21 heavy (non-hydrogen) atoms. The number of hydrogen-bond acceptors (Lipinski definition) is 5. The molecule has 3 aromatic heterocycles. The van der Waals surface area contributed by atoms with Gasteiger partial charge in [0.1, 0.15) is 5.69 Å². The molecule has 0 aliphatic rings. The number of anilines is 1. The second-order valence-electron chi connectivity index (χ2n) is 4.38. The van der Waals surface area contributed by atoms with Gasteiger partial charge in [-0.2, -0.15) is 0 Å². The molecule has 0 fully saturated rings. The van der Waals surface area contributed by atoms with Crippen LogP contribution in [-0.2, 0) is 0 Å². The normalized spacial score (nSPS) is 10.5. The van der Waals surface area contributed by atoms with Crippen molar-refractivity contribution in [3.8, 4) is 17.0 Å². The fourth-order valence-electron chi connectivity index (χ4n) is 1.84. The average Bonchev–Trinajstić information content (AvgIpc) is 3.10. The smallest absolute Gasteiger partial charge is 0.273 e. The van der Waals surface area contributed by atoms with Crippen LogP contribution in [0.3, 0.4) is 0 Å². The van der Waals surface area contributed by atoms with Crippen LogP contribution < -0.4 is 5.32 Å². The van der Waals surface area contributed by atoms with Crippen LogP contribution in [0.15, 0.2) is 36.0 Å². The molecule has 3 aromatic rings. The molecule has 0 saturated carbocycles. The van der Waals surface area contributed by atoms with Crippen LogP contribution in [0.4, 0.5) is 5.82 Å². The van der Waals surface area contributed by atoms with Crippen molar-refractivity contribution < 1.29 is 9.90 Å². The van der Waals surface area contributed by atoms with Crippen LogP contribution >= 0.6 is 11.3 Å². The van der Waals surface area contributed by atoms with Gasteiger partial charge < -0.3 is 15.4 Å². The van der Waals surface area contributed by atoms with Gasteiger partial charge >= 0.3 is 0 Å². The number of carbonyl (C=O) groups is 1. The van der Waals surface area contributed by atoms with Crippen LogP contribution in [0.5, 0.6) is 5.75 Å². The lowest BCUT2D eigenvalue weighted by atomic mass is 10.2. The van der Waals surface area contributed by atoms with E-state index in [1.54, 1.807) is 29.7 Å². The van der Waals surface area contributed by atoms with E-state index in [0.29, 0.717) is 5.69 Å². The van der Waals surface area contributed by atoms with E-state index >= 15 is 0 Å². The van der Waals surface area contributed by atoms with E-state index in [0.717, 1.165) is 16.3 Å². The minimum Gasteiger partial charge on any atom is -0.504 e. The van der Waals surface area contributed by atoms with E-state index in [4.69, 9.17) is 0 Å². The van der Waals surface area contributed by atoms with Crippen molar-refractivity contribution in [2.45, 2.75) is 6.92 Å². The Balaban J connectivity index is 1.80. The summed E-state index contributed by atoms with van der Waals surface area (Å²) in [6.07, 6.45) is 3.22. The van der Waals surface area contributed by atoms with Gasteiger partial charge in [0.25, 0.3) is 5.91 Å². The van der Waals surface area contributed by atoms with Gasteiger partial charge in [0, 0.05) is 23.3 Å². The zero-order chi connectivity index (χ0) is 14.8. The van der Waals surface area contributed by atoms with E-state index in [1.807, 2.05) is 12.3 Å².